The molecule has 0 aliphatic heterocycles. The van der Waals surface area contributed by atoms with Crippen LogP contribution in [0.15, 0.2) is 42.5 Å². The molecule has 0 bridgehead atoms. The minimum atomic E-state index is -0.672. The highest BCUT2D eigenvalue weighted by Crippen LogP contribution is 2.30. The Morgan fingerprint density at radius 1 is 1.05 bits per heavy atom. The van der Waals surface area contributed by atoms with E-state index in [1.54, 1.807) is 0 Å². The molecule has 0 aliphatic rings. The van der Waals surface area contributed by atoms with Crippen LogP contribution in [0.3, 0.4) is 0 Å². The standard InChI is InChI=1S/C18H21ClO/c1-4-13(3)14-6-8-15(9-7-14)18(20)16-10-5-12(2)11-17(16)19/h5-11,13,18,20H,4H2,1-3H3. The molecule has 0 aliphatic carbocycles. The molecule has 0 spiro atoms. The quantitative estimate of drug-likeness (QED) is 0.815. The van der Waals surface area contributed by atoms with Crippen LogP contribution in [-0.4, -0.2) is 5.11 Å². The van der Waals surface area contributed by atoms with Gasteiger partial charge in [0.1, 0.15) is 6.10 Å². The second kappa shape index (κ2) is 6.43. The largest absolute Gasteiger partial charge is 0.384 e. The lowest BCUT2D eigenvalue weighted by atomic mass is 9.94. The fraction of sp³-hybridized carbons (Fsp3) is 0.333. The van der Waals surface area contributed by atoms with Crippen molar-refractivity contribution in [1.82, 2.24) is 0 Å². The number of aliphatic hydroxyl groups is 1. The normalized spacial score (nSPS) is 14.1. The average molecular weight is 289 g/mol. The molecule has 1 nitrogen and oxygen atoms in total. The van der Waals surface area contributed by atoms with E-state index in [1.807, 2.05) is 37.3 Å². The second-order valence-electron chi connectivity index (χ2n) is 5.40. The molecule has 0 aromatic heterocycles. The number of aryl methyl sites for hydroxylation is 1. The van der Waals surface area contributed by atoms with Gasteiger partial charge in [-0.1, -0.05) is 61.8 Å². The van der Waals surface area contributed by atoms with Crippen molar-refractivity contribution in [3.8, 4) is 0 Å². The highest BCUT2D eigenvalue weighted by Gasteiger charge is 2.14. The fourth-order valence-electron chi connectivity index (χ4n) is 2.28. The Bertz CT molecular complexity index is 574. The summed E-state index contributed by atoms with van der Waals surface area (Å²) in [4.78, 5) is 0. The number of benzene rings is 2. The van der Waals surface area contributed by atoms with Crippen LogP contribution in [-0.2, 0) is 0 Å². The lowest BCUT2D eigenvalue weighted by Gasteiger charge is -2.15. The average Bonchev–Trinajstić information content (AvgIpc) is 2.46. The SMILES string of the molecule is CCC(C)c1ccc(C(O)c2ccc(C)cc2Cl)cc1. The molecular weight excluding hydrogens is 268 g/mol. The van der Waals surface area contributed by atoms with Gasteiger partial charge in [-0.05, 0) is 42.0 Å². The zero-order valence-electron chi connectivity index (χ0n) is 12.2. The Balaban J connectivity index is 2.26. The van der Waals surface area contributed by atoms with Gasteiger partial charge < -0.3 is 5.11 Å². The van der Waals surface area contributed by atoms with Gasteiger partial charge in [-0.2, -0.15) is 0 Å². The molecule has 2 unspecified atom stereocenters. The van der Waals surface area contributed by atoms with Crippen LogP contribution in [0.2, 0.25) is 5.02 Å². The number of hydrogen-bond donors (Lipinski definition) is 1. The summed E-state index contributed by atoms with van der Waals surface area (Å²) in [6.45, 7) is 6.38. The highest BCUT2D eigenvalue weighted by atomic mass is 35.5. The lowest BCUT2D eigenvalue weighted by molar-refractivity contribution is 0.220. The highest BCUT2D eigenvalue weighted by molar-refractivity contribution is 6.31. The number of aliphatic hydroxyl groups excluding tert-OH is 1. The van der Waals surface area contributed by atoms with E-state index in [4.69, 9.17) is 11.6 Å². The Hall–Kier alpha value is -1.31. The van der Waals surface area contributed by atoms with Crippen LogP contribution in [0.4, 0.5) is 0 Å². The molecule has 2 heteroatoms. The van der Waals surface area contributed by atoms with Crippen molar-refractivity contribution in [1.29, 1.82) is 0 Å². The first-order valence-corrected chi connectivity index (χ1v) is 7.44. The molecule has 0 saturated carbocycles. The smallest absolute Gasteiger partial charge is 0.105 e. The Morgan fingerprint density at radius 3 is 2.20 bits per heavy atom. The summed E-state index contributed by atoms with van der Waals surface area (Å²) in [7, 11) is 0. The Kier molecular flexibility index (Phi) is 4.85. The maximum absolute atomic E-state index is 10.5. The van der Waals surface area contributed by atoms with Gasteiger partial charge in [-0.3, -0.25) is 0 Å². The van der Waals surface area contributed by atoms with Gasteiger partial charge in [-0.25, -0.2) is 0 Å². The minimum absolute atomic E-state index is 0.546. The number of hydrogen-bond acceptors (Lipinski definition) is 1. The van der Waals surface area contributed by atoms with Crippen LogP contribution in [0.5, 0.6) is 0 Å². The molecular formula is C18H21ClO. The van der Waals surface area contributed by atoms with E-state index in [-0.39, 0.29) is 0 Å². The third-order valence-electron chi connectivity index (χ3n) is 3.88. The summed E-state index contributed by atoms with van der Waals surface area (Å²) < 4.78 is 0. The molecule has 20 heavy (non-hydrogen) atoms. The van der Waals surface area contributed by atoms with Crippen LogP contribution >= 0.6 is 11.6 Å². The van der Waals surface area contributed by atoms with Crippen LogP contribution in [0, 0.1) is 6.92 Å². The third-order valence-corrected chi connectivity index (χ3v) is 4.21. The summed E-state index contributed by atoms with van der Waals surface area (Å²) in [6.07, 6.45) is 0.445. The molecule has 2 aromatic carbocycles. The summed E-state index contributed by atoms with van der Waals surface area (Å²) in [6, 6.07) is 13.9. The van der Waals surface area contributed by atoms with Crippen LogP contribution in [0.25, 0.3) is 0 Å². The first-order valence-electron chi connectivity index (χ1n) is 7.07. The maximum Gasteiger partial charge on any atom is 0.105 e. The summed E-state index contributed by atoms with van der Waals surface area (Å²) in [5.41, 5.74) is 4.04. The van der Waals surface area contributed by atoms with Crippen molar-refractivity contribution in [3.05, 3.63) is 69.7 Å². The van der Waals surface area contributed by atoms with Crippen molar-refractivity contribution < 1.29 is 5.11 Å². The van der Waals surface area contributed by atoms with Gasteiger partial charge in [0.05, 0.1) is 0 Å². The molecule has 2 aromatic rings. The number of halogens is 1. The van der Waals surface area contributed by atoms with Crippen LogP contribution < -0.4 is 0 Å². The van der Waals surface area contributed by atoms with Gasteiger partial charge in [-0.15, -0.1) is 0 Å². The maximum atomic E-state index is 10.5. The number of rotatable bonds is 4. The van der Waals surface area contributed by atoms with Gasteiger partial charge >= 0.3 is 0 Å². The van der Waals surface area contributed by atoms with E-state index in [0.717, 1.165) is 23.1 Å². The molecule has 1 N–H and O–H groups in total. The third kappa shape index (κ3) is 3.23. The van der Waals surface area contributed by atoms with E-state index in [1.165, 1.54) is 5.56 Å². The zero-order chi connectivity index (χ0) is 14.7. The van der Waals surface area contributed by atoms with Crippen molar-refractivity contribution in [2.24, 2.45) is 0 Å². The Labute approximate surface area is 126 Å². The van der Waals surface area contributed by atoms with Crippen LogP contribution in [0.1, 0.15) is 54.5 Å². The molecule has 0 heterocycles. The van der Waals surface area contributed by atoms with E-state index in [0.29, 0.717) is 10.9 Å². The Morgan fingerprint density at radius 2 is 1.65 bits per heavy atom. The van der Waals surface area contributed by atoms with Crippen molar-refractivity contribution in [3.63, 3.8) is 0 Å². The molecule has 2 atom stereocenters. The second-order valence-corrected chi connectivity index (χ2v) is 5.81. The predicted molar refractivity (Wildman–Crippen MR) is 85.4 cm³/mol. The fourth-order valence-corrected chi connectivity index (χ4v) is 2.61. The zero-order valence-corrected chi connectivity index (χ0v) is 13.0. The van der Waals surface area contributed by atoms with Gasteiger partial charge in [0, 0.05) is 10.6 Å². The minimum Gasteiger partial charge on any atom is -0.384 e. The predicted octanol–water partition coefficient (Wildman–Crippen LogP) is 5.24. The lowest BCUT2D eigenvalue weighted by Crippen LogP contribution is -2.01. The van der Waals surface area contributed by atoms with Gasteiger partial charge in [0.2, 0.25) is 0 Å². The summed E-state index contributed by atoms with van der Waals surface area (Å²) in [5, 5.41) is 11.1. The van der Waals surface area contributed by atoms with E-state index in [2.05, 4.69) is 26.0 Å². The van der Waals surface area contributed by atoms with E-state index >= 15 is 0 Å². The topological polar surface area (TPSA) is 20.2 Å². The van der Waals surface area contributed by atoms with Gasteiger partial charge in [0.15, 0.2) is 0 Å². The summed E-state index contributed by atoms with van der Waals surface area (Å²) >= 11 is 6.22. The molecule has 0 amide bonds. The molecule has 106 valence electrons. The summed E-state index contributed by atoms with van der Waals surface area (Å²) in [5.74, 6) is 0.546. The van der Waals surface area contributed by atoms with Crippen molar-refractivity contribution >= 4 is 11.6 Å². The van der Waals surface area contributed by atoms with E-state index in [9.17, 15) is 5.11 Å². The van der Waals surface area contributed by atoms with Gasteiger partial charge in [0.25, 0.3) is 0 Å². The molecule has 0 saturated heterocycles. The van der Waals surface area contributed by atoms with Crippen molar-refractivity contribution in [2.75, 3.05) is 0 Å². The molecule has 0 radical (unpaired) electrons. The monoisotopic (exact) mass is 288 g/mol. The van der Waals surface area contributed by atoms with E-state index < -0.39 is 6.10 Å². The van der Waals surface area contributed by atoms with Crippen molar-refractivity contribution in [2.45, 2.75) is 39.2 Å². The first kappa shape index (κ1) is 15.1. The first-order chi connectivity index (χ1) is 9.52. The molecule has 2 rings (SSSR count). The molecule has 0 fully saturated rings.